The Morgan fingerprint density at radius 1 is 1.08 bits per heavy atom. The van der Waals surface area contributed by atoms with Crippen LogP contribution in [0.3, 0.4) is 0 Å². The predicted molar refractivity (Wildman–Crippen MR) is 92.2 cm³/mol. The van der Waals surface area contributed by atoms with E-state index in [0.717, 1.165) is 12.0 Å². The Balaban J connectivity index is 1.85. The van der Waals surface area contributed by atoms with Gasteiger partial charge in [-0.1, -0.05) is 23.7 Å². The topological polar surface area (TPSA) is 55.8 Å². The molecule has 24 heavy (non-hydrogen) atoms. The van der Waals surface area contributed by atoms with Gasteiger partial charge in [0.05, 0.1) is 18.1 Å². The van der Waals surface area contributed by atoms with Gasteiger partial charge in [0, 0.05) is 31.1 Å². The molecule has 2 aromatic carbocycles. The predicted octanol–water partition coefficient (Wildman–Crippen LogP) is 3.32. The third-order valence-electron chi connectivity index (χ3n) is 3.72. The fraction of sp³-hybridized carbons (Fsp3) is 0.294. The Morgan fingerprint density at radius 2 is 1.83 bits per heavy atom. The number of hydrogen-bond acceptors (Lipinski definition) is 4. The highest BCUT2D eigenvalue weighted by atomic mass is 35.5. The Kier molecular flexibility index (Phi) is 4.99. The number of rotatable bonds is 4. The van der Waals surface area contributed by atoms with Gasteiger partial charge in [0.25, 0.3) is 0 Å². The van der Waals surface area contributed by atoms with E-state index in [1.807, 2.05) is 6.07 Å². The van der Waals surface area contributed by atoms with Crippen LogP contribution in [-0.2, 0) is 16.6 Å². The van der Waals surface area contributed by atoms with E-state index in [-0.39, 0.29) is 11.4 Å². The van der Waals surface area contributed by atoms with Crippen molar-refractivity contribution in [2.45, 2.75) is 17.9 Å². The number of fused-ring (bicyclic) bond motifs is 1. The molecule has 5 nitrogen and oxygen atoms in total. The molecule has 1 aliphatic rings. The van der Waals surface area contributed by atoms with Gasteiger partial charge in [-0.15, -0.1) is 0 Å². The van der Waals surface area contributed by atoms with Gasteiger partial charge in [-0.3, -0.25) is 0 Å². The van der Waals surface area contributed by atoms with Gasteiger partial charge in [-0.2, -0.15) is 4.31 Å². The minimum atomic E-state index is -3.64. The first-order valence-electron chi connectivity index (χ1n) is 7.57. The quantitative estimate of drug-likeness (QED) is 0.831. The molecule has 0 aliphatic carbocycles. The van der Waals surface area contributed by atoms with E-state index < -0.39 is 10.0 Å². The maximum absolute atomic E-state index is 12.8. The van der Waals surface area contributed by atoms with Crippen molar-refractivity contribution in [3.63, 3.8) is 0 Å². The van der Waals surface area contributed by atoms with E-state index in [4.69, 9.17) is 21.1 Å². The second kappa shape index (κ2) is 7.01. The zero-order valence-corrected chi connectivity index (χ0v) is 14.8. The van der Waals surface area contributed by atoms with Crippen molar-refractivity contribution < 1.29 is 17.9 Å². The van der Waals surface area contributed by atoms with Crippen molar-refractivity contribution in [1.29, 1.82) is 0 Å². The fourth-order valence-corrected chi connectivity index (χ4v) is 3.85. The molecule has 0 unspecified atom stereocenters. The lowest BCUT2D eigenvalue weighted by molar-refractivity contribution is 0.297. The van der Waals surface area contributed by atoms with Crippen molar-refractivity contribution in [1.82, 2.24) is 4.31 Å². The van der Waals surface area contributed by atoms with Crippen LogP contribution >= 0.6 is 11.6 Å². The van der Waals surface area contributed by atoms with Crippen molar-refractivity contribution in [3.05, 3.63) is 53.1 Å². The second-order valence-corrected chi connectivity index (χ2v) is 8.03. The van der Waals surface area contributed by atoms with Gasteiger partial charge < -0.3 is 9.47 Å². The van der Waals surface area contributed by atoms with Crippen LogP contribution in [0.2, 0.25) is 5.02 Å². The Hall–Kier alpha value is -1.76. The molecule has 0 N–H and O–H groups in total. The third-order valence-corrected chi connectivity index (χ3v) is 5.76. The minimum Gasteiger partial charge on any atom is -0.490 e. The molecule has 2 aromatic rings. The van der Waals surface area contributed by atoms with Gasteiger partial charge >= 0.3 is 0 Å². The summed E-state index contributed by atoms with van der Waals surface area (Å²) in [6.45, 7) is 1.31. The summed E-state index contributed by atoms with van der Waals surface area (Å²) in [5.41, 5.74) is 0.822. The number of sulfonamides is 1. The molecule has 3 rings (SSSR count). The maximum atomic E-state index is 12.8. The van der Waals surface area contributed by atoms with E-state index in [2.05, 4.69) is 0 Å². The highest BCUT2D eigenvalue weighted by Gasteiger charge is 2.23. The zero-order valence-electron chi connectivity index (χ0n) is 13.2. The SMILES string of the molecule is CN(Cc1cccc(Cl)c1)S(=O)(=O)c1ccc2c(c1)OCCCO2. The Bertz CT molecular complexity index is 838. The highest BCUT2D eigenvalue weighted by Crippen LogP contribution is 2.32. The van der Waals surface area contributed by atoms with Crippen LogP contribution in [0.25, 0.3) is 0 Å². The summed E-state index contributed by atoms with van der Waals surface area (Å²) in [4.78, 5) is 0.177. The van der Waals surface area contributed by atoms with E-state index in [9.17, 15) is 8.42 Å². The standard InChI is InChI=1S/C17H18ClNO4S/c1-19(12-13-4-2-5-14(18)10-13)24(20,21)15-6-7-16-17(11-15)23-9-3-8-22-16/h2,4-7,10-11H,3,8-9,12H2,1H3. The normalized spacial score (nSPS) is 14.5. The molecule has 0 radical (unpaired) electrons. The Morgan fingerprint density at radius 3 is 2.58 bits per heavy atom. The molecule has 0 bridgehead atoms. The van der Waals surface area contributed by atoms with Crippen molar-refractivity contribution in [3.8, 4) is 11.5 Å². The minimum absolute atomic E-state index is 0.177. The molecule has 0 fully saturated rings. The van der Waals surface area contributed by atoms with Crippen molar-refractivity contribution >= 4 is 21.6 Å². The van der Waals surface area contributed by atoms with Crippen LogP contribution in [0, 0.1) is 0 Å². The first-order chi connectivity index (χ1) is 11.5. The number of halogens is 1. The molecule has 0 saturated heterocycles. The fourth-order valence-electron chi connectivity index (χ4n) is 2.46. The number of hydrogen-bond donors (Lipinski definition) is 0. The van der Waals surface area contributed by atoms with Crippen molar-refractivity contribution in [2.24, 2.45) is 0 Å². The summed E-state index contributed by atoms with van der Waals surface area (Å²) in [7, 11) is -2.10. The van der Waals surface area contributed by atoms with E-state index in [1.165, 1.54) is 16.4 Å². The molecule has 0 amide bonds. The van der Waals surface area contributed by atoms with Gasteiger partial charge in [-0.05, 0) is 29.8 Å². The molecule has 0 atom stereocenters. The zero-order chi connectivity index (χ0) is 17.2. The summed E-state index contributed by atoms with van der Waals surface area (Å²) in [6, 6.07) is 11.8. The number of ether oxygens (including phenoxy) is 2. The first-order valence-corrected chi connectivity index (χ1v) is 9.39. The average molecular weight is 368 g/mol. The first kappa shape index (κ1) is 17.1. The monoisotopic (exact) mass is 367 g/mol. The lowest BCUT2D eigenvalue weighted by Crippen LogP contribution is -2.26. The number of nitrogens with zero attached hydrogens (tertiary/aromatic N) is 1. The largest absolute Gasteiger partial charge is 0.490 e. The lowest BCUT2D eigenvalue weighted by atomic mass is 10.2. The summed E-state index contributed by atoms with van der Waals surface area (Å²) in [5, 5.41) is 0.578. The number of benzene rings is 2. The van der Waals surface area contributed by atoms with E-state index in [1.54, 1.807) is 31.3 Å². The summed E-state index contributed by atoms with van der Waals surface area (Å²) < 4.78 is 38.0. The lowest BCUT2D eigenvalue weighted by Gasteiger charge is -2.18. The summed E-state index contributed by atoms with van der Waals surface area (Å²) in [5.74, 6) is 1.04. The average Bonchev–Trinajstić information content (AvgIpc) is 2.79. The van der Waals surface area contributed by atoms with E-state index >= 15 is 0 Å². The van der Waals surface area contributed by atoms with Gasteiger partial charge in [0.15, 0.2) is 11.5 Å². The van der Waals surface area contributed by atoms with Crippen LogP contribution in [0.5, 0.6) is 11.5 Å². The molecular formula is C17H18ClNO4S. The molecular weight excluding hydrogens is 350 g/mol. The molecule has 128 valence electrons. The van der Waals surface area contributed by atoms with Crippen LogP contribution in [0.15, 0.2) is 47.4 Å². The Labute approximate surface area is 146 Å². The molecule has 1 aliphatic heterocycles. The van der Waals surface area contributed by atoms with E-state index in [0.29, 0.717) is 29.7 Å². The summed E-state index contributed by atoms with van der Waals surface area (Å²) in [6.07, 6.45) is 0.769. The molecule has 7 heteroatoms. The molecule has 0 aromatic heterocycles. The summed E-state index contributed by atoms with van der Waals surface area (Å²) >= 11 is 5.96. The van der Waals surface area contributed by atoms with Gasteiger partial charge in [-0.25, -0.2) is 8.42 Å². The van der Waals surface area contributed by atoms with Gasteiger partial charge in [0.2, 0.25) is 10.0 Å². The smallest absolute Gasteiger partial charge is 0.243 e. The van der Waals surface area contributed by atoms with Crippen LogP contribution in [0.1, 0.15) is 12.0 Å². The molecule has 0 saturated carbocycles. The second-order valence-electron chi connectivity index (χ2n) is 5.55. The molecule has 1 heterocycles. The van der Waals surface area contributed by atoms with Crippen molar-refractivity contribution in [2.75, 3.05) is 20.3 Å². The third kappa shape index (κ3) is 3.66. The van der Waals surface area contributed by atoms with Crippen LogP contribution in [0.4, 0.5) is 0 Å². The molecule has 0 spiro atoms. The van der Waals surface area contributed by atoms with Crippen LogP contribution < -0.4 is 9.47 Å². The van der Waals surface area contributed by atoms with Crippen LogP contribution in [-0.4, -0.2) is 33.0 Å². The maximum Gasteiger partial charge on any atom is 0.243 e. The highest BCUT2D eigenvalue weighted by molar-refractivity contribution is 7.89. The van der Waals surface area contributed by atoms with Gasteiger partial charge in [0.1, 0.15) is 0 Å².